The van der Waals surface area contributed by atoms with E-state index in [1.807, 2.05) is 54.6 Å². The van der Waals surface area contributed by atoms with E-state index in [2.05, 4.69) is 15.9 Å². The number of imide groups is 1. The minimum atomic E-state index is -1.20. The van der Waals surface area contributed by atoms with Crippen molar-refractivity contribution >= 4 is 27.9 Å². The molecule has 1 heterocycles. The number of ether oxygens (including phenoxy) is 2. The maximum Gasteiger partial charge on any atom is 0.331 e. The summed E-state index contributed by atoms with van der Waals surface area (Å²) in [6.45, 7) is -0.112. The first-order chi connectivity index (χ1) is 13.0. The fourth-order valence-electron chi connectivity index (χ4n) is 3.44. The zero-order valence-electron chi connectivity index (χ0n) is 15.2. The van der Waals surface area contributed by atoms with Gasteiger partial charge in [-0.3, -0.25) is 9.69 Å². The Labute approximate surface area is 166 Å². The summed E-state index contributed by atoms with van der Waals surface area (Å²) in [6, 6.07) is 16.7. The van der Waals surface area contributed by atoms with Crippen LogP contribution in [0.3, 0.4) is 0 Å². The number of amides is 3. The molecule has 6 nitrogen and oxygen atoms in total. The molecule has 2 aromatic rings. The Morgan fingerprint density at radius 3 is 2.15 bits per heavy atom. The van der Waals surface area contributed by atoms with Crippen molar-refractivity contribution in [3.63, 3.8) is 0 Å². The number of hydrogen-bond donors (Lipinski definition) is 0. The van der Waals surface area contributed by atoms with Gasteiger partial charge in [0.05, 0.1) is 0 Å². The maximum atomic E-state index is 13.5. The number of hydrogen-bond acceptors (Lipinski definition) is 4. The molecule has 0 N–H and O–H groups in total. The molecule has 1 saturated heterocycles. The molecule has 0 spiro atoms. The number of urea groups is 1. The highest BCUT2D eigenvalue weighted by Gasteiger charge is 2.58. The standard InChI is InChI=1S/C20H21BrN2O4/c1-26-13-22-18(24)20(23(14-27-2)19(22)25,12-15-6-4-3-5-7-15)16-8-10-17(21)11-9-16/h3-11H,12-14H2,1-2H3/t20-/m0/s1. The molecule has 0 aromatic heterocycles. The first-order valence-electron chi connectivity index (χ1n) is 8.46. The number of carbonyl (C=O) groups is 2. The van der Waals surface area contributed by atoms with Gasteiger partial charge in [0.15, 0.2) is 5.54 Å². The molecule has 3 rings (SSSR count). The van der Waals surface area contributed by atoms with Crippen LogP contribution >= 0.6 is 15.9 Å². The summed E-state index contributed by atoms with van der Waals surface area (Å²) in [5.74, 6) is -0.322. The molecule has 0 bridgehead atoms. The van der Waals surface area contributed by atoms with Crippen LogP contribution in [0.5, 0.6) is 0 Å². The summed E-state index contributed by atoms with van der Waals surface area (Å²) >= 11 is 3.43. The van der Waals surface area contributed by atoms with E-state index in [-0.39, 0.29) is 19.4 Å². The summed E-state index contributed by atoms with van der Waals surface area (Å²) in [5, 5.41) is 0. The highest BCUT2D eigenvalue weighted by atomic mass is 79.9. The van der Waals surface area contributed by atoms with Gasteiger partial charge in [-0.05, 0) is 23.3 Å². The van der Waals surface area contributed by atoms with Gasteiger partial charge in [0, 0.05) is 25.1 Å². The predicted octanol–water partition coefficient (Wildman–Crippen LogP) is 3.36. The van der Waals surface area contributed by atoms with Crippen molar-refractivity contribution in [1.82, 2.24) is 9.80 Å². The normalized spacial score (nSPS) is 19.8. The van der Waals surface area contributed by atoms with Crippen LogP contribution in [0.4, 0.5) is 4.79 Å². The van der Waals surface area contributed by atoms with E-state index >= 15 is 0 Å². The largest absolute Gasteiger partial charge is 0.364 e. The Morgan fingerprint density at radius 1 is 0.926 bits per heavy atom. The van der Waals surface area contributed by atoms with E-state index in [9.17, 15) is 9.59 Å². The van der Waals surface area contributed by atoms with Crippen LogP contribution in [0.15, 0.2) is 59.1 Å². The molecule has 142 valence electrons. The molecule has 7 heteroatoms. The van der Waals surface area contributed by atoms with Gasteiger partial charge in [-0.1, -0.05) is 58.4 Å². The fraction of sp³-hybridized carbons (Fsp3) is 0.300. The molecule has 0 radical (unpaired) electrons. The Bertz CT molecular complexity index is 812. The minimum absolute atomic E-state index is 0.00626. The van der Waals surface area contributed by atoms with Crippen molar-refractivity contribution in [3.05, 3.63) is 70.2 Å². The van der Waals surface area contributed by atoms with E-state index in [0.717, 1.165) is 20.5 Å². The molecule has 0 aliphatic carbocycles. The van der Waals surface area contributed by atoms with Crippen molar-refractivity contribution in [3.8, 4) is 0 Å². The number of carbonyl (C=O) groups excluding carboxylic acids is 2. The predicted molar refractivity (Wildman–Crippen MR) is 104 cm³/mol. The molecule has 1 aliphatic rings. The second-order valence-electron chi connectivity index (χ2n) is 6.31. The third kappa shape index (κ3) is 3.50. The van der Waals surface area contributed by atoms with Crippen molar-refractivity contribution in [2.45, 2.75) is 12.0 Å². The van der Waals surface area contributed by atoms with Crippen LogP contribution in [0.25, 0.3) is 0 Å². The molecule has 0 saturated carbocycles. The molecule has 1 atom stereocenters. The van der Waals surface area contributed by atoms with E-state index in [1.165, 1.54) is 19.1 Å². The van der Waals surface area contributed by atoms with Gasteiger partial charge in [0.2, 0.25) is 0 Å². The summed E-state index contributed by atoms with van der Waals surface area (Å²) < 4.78 is 11.3. The molecule has 1 aliphatic heterocycles. The van der Waals surface area contributed by atoms with Crippen molar-refractivity contribution in [1.29, 1.82) is 0 Å². The van der Waals surface area contributed by atoms with Gasteiger partial charge in [0.25, 0.3) is 5.91 Å². The average Bonchev–Trinajstić information content (AvgIpc) is 2.87. The smallest absolute Gasteiger partial charge is 0.331 e. The lowest BCUT2D eigenvalue weighted by Crippen LogP contribution is -2.49. The summed E-state index contributed by atoms with van der Waals surface area (Å²) in [7, 11) is 2.96. The molecule has 27 heavy (non-hydrogen) atoms. The van der Waals surface area contributed by atoms with Crippen LogP contribution in [0, 0.1) is 0 Å². The van der Waals surface area contributed by atoms with Crippen molar-refractivity contribution < 1.29 is 19.1 Å². The zero-order chi connectivity index (χ0) is 19.4. The second-order valence-corrected chi connectivity index (χ2v) is 7.22. The SMILES string of the molecule is COCN1C(=O)N(COC)[C@@](Cc2ccccc2)(c2ccc(Br)cc2)C1=O. The quantitative estimate of drug-likeness (QED) is 0.629. The third-order valence-corrected chi connectivity index (χ3v) is 5.19. The molecule has 3 amide bonds. The maximum absolute atomic E-state index is 13.5. The average molecular weight is 433 g/mol. The van der Waals surface area contributed by atoms with Gasteiger partial charge in [-0.2, -0.15) is 0 Å². The fourth-order valence-corrected chi connectivity index (χ4v) is 3.71. The molecular formula is C20H21BrN2O4. The first-order valence-corrected chi connectivity index (χ1v) is 9.25. The van der Waals surface area contributed by atoms with Crippen molar-refractivity contribution in [2.75, 3.05) is 27.7 Å². The Kier molecular flexibility index (Phi) is 5.94. The van der Waals surface area contributed by atoms with Gasteiger partial charge in [-0.15, -0.1) is 0 Å². The van der Waals surface area contributed by atoms with E-state index in [4.69, 9.17) is 9.47 Å². The van der Waals surface area contributed by atoms with Crippen LogP contribution < -0.4 is 0 Å². The lowest BCUT2D eigenvalue weighted by molar-refractivity contribution is -0.137. The Hall–Kier alpha value is -2.22. The van der Waals surface area contributed by atoms with E-state index in [1.54, 1.807) is 0 Å². The summed E-state index contributed by atoms with van der Waals surface area (Å²) in [6.07, 6.45) is 0.337. The molecule has 0 unspecified atom stereocenters. The highest BCUT2D eigenvalue weighted by molar-refractivity contribution is 9.10. The van der Waals surface area contributed by atoms with Crippen LogP contribution in [-0.4, -0.2) is 49.4 Å². The summed E-state index contributed by atoms with van der Waals surface area (Å²) in [5.41, 5.74) is 0.471. The van der Waals surface area contributed by atoms with Gasteiger partial charge >= 0.3 is 6.03 Å². The van der Waals surface area contributed by atoms with Crippen LogP contribution in [0.1, 0.15) is 11.1 Å². The summed E-state index contributed by atoms with van der Waals surface area (Å²) in [4.78, 5) is 29.1. The first kappa shape index (κ1) is 19.5. The number of methoxy groups -OCH3 is 2. The lowest BCUT2D eigenvalue weighted by Gasteiger charge is -2.35. The Balaban J connectivity index is 2.18. The number of rotatable bonds is 7. The molecule has 2 aromatic carbocycles. The van der Waals surface area contributed by atoms with Crippen LogP contribution in [-0.2, 0) is 26.2 Å². The zero-order valence-corrected chi connectivity index (χ0v) is 16.8. The third-order valence-electron chi connectivity index (χ3n) is 4.66. The lowest BCUT2D eigenvalue weighted by atomic mass is 9.82. The molecular weight excluding hydrogens is 412 g/mol. The van der Waals surface area contributed by atoms with Gasteiger partial charge in [-0.25, -0.2) is 9.69 Å². The number of nitrogens with zero attached hydrogens (tertiary/aromatic N) is 2. The van der Waals surface area contributed by atoms with E-state index < -0.39 is 11.6 Å². The van der Waals surface area contributed by atoms with Crippen LogP contribution in [0.2, 0.25) is 0 Å². The topological polar surface area (TPSA) is 59.1 Å². The monoisotopic (exact) mass is 432 g/mol. The number of halogens is 1. The number of benzene rings is 2. The van der Waals surface area contributed by atoms with Gasteiger partial charge in [0.1, 0.15) is 13.5 Å². The Morgan fingerprint density at radius 2 is 1.56 bits per heavy atom. The minimum Gasteiger partial charge on any atom is -0.364 e. The van der Waals surface area contributed by atoms with Gasteiger partial charge < -0.3 is 9.47 Å². The van der Waals surface area contributed by atoms with E-state index in [0.29, 0.717) is 6.42 Å². The van der Waals surface area contributed by atoms with Crippen molar-refractivity contribution in [2.24, 2.45) is 0 Å². The highest BCUT2D eigenvalue weighted by Crippen LogP contribution is 2.40. The second kappa shape index (κ2) is 8.21. The molecule has 1 fully saturated rings.